The first-order valence-corrected chi connectivity index (χ1v) is 9.40. The van der Waals surface area contributed by atoms with E-state index in [-0.39, 0.29) is 18.4 Å². The van der Waals surface area contributed by atoms with Crippen LogP contribution < -0.4 is 10.6 Å². The van der Waals surface area contributed by atoms with Gasteiger partial charge in [-0.15, -0.1) is 11.3 Å². The summed E-state index contributed by atoms with van der Waals surface area (Å²) < 4.78 is 0. The molecule has 0 fully saturated rings. The van der Waals surface area contributed by atoms with Gasteiger partial charge in [-0.3, -0.25) is 0 Å². The third-order valence-electron chi connectivity index (χ3n) is 4.03. The second kappa shape index (κ2) is 8.66. The summed E-state index contributed by atoms with van der Waals surface area (Å²) in [6, 6.07) is 13.3. The van der Waals surface area contributed by atoms with Crippen molar-refractivity contribution in [3.63, 3.8) is 0 Å². The van der Waals surface area contributed by atoms with Crippen molar-refractivity contribution in [1.29, 1.82) is 0 Å². The lowest BCUT2D eigenvalue weighted by Crippen LogP contribution is -2.41. The minimum absolute atomic E-state index is 0.182. The van der Waals surface area contributed by atoms with Crippen molar-refractivity contribution in [1.82, 2.24) is 10.3 Å². The number of nitrogens with one attached hydrogen (secondary N) is 2. The molecule has 7 heteroatoms. The summed E-state index contributed by atoms with van der Waals surface area (Å²) in [5.41, 5.74) is 3.48. The predicted octanol–water partition coefficient (Wildman–Crippen LogP) is 3.55. The molecule has 0 saturated heterocycles. The van der Waals surface area contributed by atoms with E-state index in [0.717, 1.165) is 21.8 Å². The van der Waals surface area contributed by atoms with Gasteiger partial charge in [-0.1, -0.05) is 24.3 Å². The molecule has 3 rings (SSSR count). The Morgan fingerprint density at radius 3 is 2.44 bits per heavy atom. The number of nitrogens with zero attached hydrogens (tertiary/aromatic N) is 1. The van der Waals surface area contributed by atoms with E-state index < -0.39 is 6.04 Å². The molecule has 27 heavy (non-hydrogen) atoms. The van der Waals surface area contributed by atoms with Gasteiger partial charge in [0.25, 0.3) is 0 Å². The maximum atomic E-state index is 12.2. The van der Waals surface area contributed by atoms with Gasteiger partial charge in [0.2, 0.25) is 0 Å². The minimum atomic E-state index is -0.424. The molecule has 6 nitrogen and oxygen atoms in total. The molecule has 0 aliphatic heterocycles. The molecule has 0 aliphatic carbocycles. The largest absolute Gasteiger partial charge is 0.508 e. The van der Waals surface area contributed by atoms with E-state index in [1.54, 1.807) is 35.6 Å². The van der Waals surface area contributed by atoms with Crippen LogP contribution in [0.5, 0.6) is 5.75 Å². The van der Waals surface area contributed by atoms with Gasteiger partial charge < -0.3 is 20.8 Å². The molecule has 1 atom stereocenters. The molecule has 140 valence electrons. The summed E-state index contributed by atoms with van der Waals surface area (Å²) in [6.45, 7) is 1.78. The fourth-order valence-corrected chi connectivity index (χ4v) is 3.27. The van der Waals surface area contributed by atoms with E-state index in [9.17, 15) is 15.0 Å². The third kappa shape index (κ3) is 5.29. The first-order chi connectivity index (χ1) is 13.0. The summed E-state index contributed by atoms with van der Waals surface area (Å²) >= 11 is 1.60. The lowest BCUT2D eigenvalue weighted by Gasteiger charge is -2.17. The molecule has 2 amide bonds. The van der Waals surface area contributed by atoms with Crippen LogP contribution in [0.25, 0.3) is 11.3 Å². The van der Waals surface area contributed by atoms with E-state index in [1.807, 2.05) is 36.6 Å². The molecule has 1 aromatic heterocycles. The summed E-state index contributed by atoms with van der Waals surface area (Å²) in [6.07, 6.45) is 0.465. The van der Waals surface area contributed by atoms with Crippen molar-refractivity contribution >= 4 is 23.1 Å². The van der Waals surface area contributed by atoms with Gasteiger partial charge in [0.05, 0.1) is 23.4 Å². The lowest BCUT2D eigenvalue weighted by atomic mass is 10.1. The number of thiazole rings is 1. The molecular weight excluding hydrogens is 362 g/mol. The highest BCUT2D eigenvalue weighted by molar-refractivity contribution is 7.09. The van der Waals surface area contributed by atoms with Crippen molar-refractivity contribution < 1.29 is 15.0 Å². The van der Waals surface area contributed by atoms with Gasteiger partial charge in [-0.05, 0) is 43.2 Å². The van der Waals surface area contributed by atoms with Crippen LogP contribution in [0.3, 0.4) is 0 Å². The Morgan fingerprint density at radius 1 is 1.15 bits per heavy atom. The van der Waals surface area contributed by atoms with E-state index in [0.29, 0.717) is 12.1 Å². The van der Waals surface area contributed by atoms with E-state index in [1.165, 1.54) is 0 Å². The van der Waals surface area contributed by atoms with E-state index >= 15 is 0 Å². The number of aromatic nitrogens is 1. The zero-order chi connectivity index (χ0) is 19.2. The Labute approximate surface area is 161 Å². The van der Waals surface area contributed by atoms with Crippen LogP contribution in [0.15, 0.2) is 53.9 Å². The van der Waals surface area contributed by atoms with Crippen LogP contribution in [0.4, 0.5) is 10.5 Å². The van der Waals surface area contributed by atoms with Gasteiger partial charge in [-0.2, -0.15) is 0 Å². The molecule has 0 unspecified atom stereocenters. The van der Waals surface area contributed by atoms with Gasteiger partial charge in [0, 0.05) is 16.6 Å². The fraction of sp³-hybridized carbons (Fsp3) is 0.200. The van der Waals surface area contributed by atoms with Gasteiger partial charge in [-0.25, -0.2) is 9.78 Å². The second-order valence-corrected chi connectivity index (χ2v) is 7.24. The van der Waals surface area contributed by atoms with E-state index in [4.69, 9.17) is 0 Å². The molecule has 0 spiro atoms. The number of aliphatic hydroxyl groups excluding tert-OH is 1. The van der Waals surface area contributed by atoms with Gasteiger partial charge in [0.15, 0.2) is 0 Å². The van der Waals surface area contributed by atoms with Gasteiger partial charge in [0.1, 0.15) is 5.75 Å². The first kappa shape index (κ1) is 18.9. The Morgan fingerprint density at radius 2 is 1.85 bits per heavy atom. The fourth-order valence-electron chi connectivity index (χ4n) is 2.65. The summed E-state index contributed by atoms with van der Waals surface area (Å²) in [7, 11) is 0. The number of urea groups is 1. The zero-order valence-electron chi connectivity index (χ0n) is 14.8. The summed E-state index contributed by atoms with van der Waals surface area (Å²) in [5, 5.41) is 27.4. The topological polar surface area (TPSA) is 94.5 Å². The van der Waals surface area contributed by atoms with Crippen molar-refractivity contribution in [2.45, 2.75) is 19.4 Å². The average Bonchev–Trinajstić information content (AvgIpc) is 3.10. The molecule has 0 aliphatic rings. The number of phenols is 1. The Bertz CT molecular complexity index is 892. The number of aryl methyl sites for hydroxylation is 1. The quantitative estimate of drug-likeness (QED) is 0.524. The van der Waals surface area contributed by atoms with Crippen LogP contribution in [0, 0.1) is 6.92 Å². The number of rotatable bonds is 6. The third-order valence-corrected chi connectivity index (χ3v) is 4.81. The smallest absolute Gasteiger partial charge is 0.319 e. The van der Waals surface area contributed by atoms with Crippen LogP contribution >= 0.6 is 11.3 Å². The number of aromatic hydroxyl groups is 1. The number of carbonyl (C=O) groups excluding carboxylic acids is 1. The molecular formula is C20H21N3O3S. The Hall–Kier alpha value is -2.90. The number of anilines is 1. The molecule has 0 saturated carbocycles. The highest BCUT2D eigenvalue weighted by Gasteiger charge is 2.12. The summed E-state index contributed by atoms with van der Waals surface area (Å²) in [4.78, 5) is 16.6. The number of amides is 2. The van der Waals surface area contributed by atoms with Crippen LogP contribution in [-0.2, 0) is 6.42 Å². The number of hydrogen-bond donors (Lipinski definition) is 4. The highest BCUT2D eigenvalue weighted by atomic mass is 32.1. The summed E-state index contributed by atoms with van der Waals surface area (Å²) in [5.74, 6) is 0.182. The number of carbonyl (C=O) groups is 1. The molecule has 3 aromatic rings. The number of benzene rings is 2. The number of phenolic OH excluding ortho intramolecular Hbond substituents is 1. The normalized spacial score (nSPS) is 11.8. The maximum absolute atomic E-state index is 12.2. The van der Waals surface area contributed by atoms with Gasteiger partial charge >= 0.3 is 6.03 Å². The molecule has 2 aromatic carbocycles. The van der Waals surface area contributed by atoms with Crippen molar-refractivity contribution in [2.24, 2.45) is 0 Å². The van der Waals surface area contributed by atoms with Crippen molar-refractivity contribution in [3.8, 4) is 17.0 Å². The van der Waals surface area contributed by atoms with Crippen molar-refractivity contribution in [2.75, 3.05) is 11.9 Å². The Kier molecular flexibility index (Phi) is 6.05. The number of aliphatic hydroxyl groups is 1. The van der Waals surface area contributed by atoms with Crippen LogP contribution in [0.2, 0.25) is 0 Å². The lowest BCUT2D eigenvalue weighted by molar-refractivity contribution is 0.224. The monoisotopic (exact) mass is 383 g/mol. The number of hydrogen-bond acceptors (Lipinski definition) is 5. The standard InChI is InChI=1S/C20H21N3O3S/c1-13-21-19(12-27-13)15-4-6-16(7-5-15)22-20(26)23-17(11-24)10-14-2-8-18(25)9-3-14/h2-9,12,17,24-25H,10-11H2,1H3,(H2,22,23,26)/t17-/m0/s1. The highest BCUT2D eigenvalue weighted by Crippen LogP contribution is 2.23. The first-order valence-electron chi connectivity index (χ1n) is 8.52. The predicted molar refractivity (Wildman–Crippen MR) is 107 cm³/mol. The van der Waals surface area contributed by atoms with Crippen molar-refractivity contribution in [3.05, 3.63) is 64.5 Å². The molecule has 0 bridgehead atoms. The van der Waals surface area contributed by atoms with Crippen LogP contribution in [-0.4, -0.2) is 33.9 Å². The Balaban J connectivity index is 1.56. The zero-order valence-corrected chi connectivity index (χ0v) is 15.7. The second-order valence-electron chi connectivity index (χ2n) is 6.18. The average molecular weight is 383 g/mol. The van der Waals surface area contributed by atoms with Crippen LogP contribution in [0.1, 0.15) is 10.6 Å². The maximum Gasteiger partial charge on any atom is 0.319 e. The molecule has 0 radical (unpaired) electrons. The molecule has 1 heterocycles. The SMILES string of the molecule is Cc1nc(-c2ccc(NC(=O)N[C@H](CO)Cc3ccc(O)cc3)cc2)cs1. The van der Waals surface area contributed by atoms with E-state index in [2.05, 4.69) is 15.6 Å². The molecule has 4 N–H and O–H groups in total. The minimum Gasteiger partial charge on any atom is -0.508 e.